The Morgan fingerprint density at radius 2 is 1.19 bits per heavy atom. The van der Waals surface area contributed by atoms with Gasteiger partial charge in [0.25, 0.3) is 0 Å². The van der Waals surface area contributed by atoms with Crippen LogP contribution in [0.3, 0.4) is 0 Å². The van der Waals surface area contributed by atoms with Gasteiger partial charge in [-0.1, -0.05) is 36.4 Å². The smallest absolute Gasteiger partial charge is 0.186 e. The van der Waals surface area contributed by atoms with Crippen molar-refractivity contribution < 1.29 is 36.3 Å². The van der Waals surface area contributed by atoms with E-state index < -0.39 is 37.7 Å². The third-order valence-electron chi connectivity index (χ3n) is 6.72. The van der Waals surface area contributed by atoms with Crippen molar-refractivity contribution in [1.29, 1.82) is 5.26 Å². The first kappa shape index (κ1) is 33.7. The molecular weight excluding hydrogens is 642 g/mol. The van der Waals surface area contributed by atoms with Crippen molar-refractivity contribution in [2.75, 3.05) is 0 Å². The van der Waals surface area contributed by atoms with Gasteiger partial charge in [0.2, 0.25) is 0 Å². The first-order chi connectivity index (χ1) is 23.0. The van der Waals surface area contributed by atoms with Crippen molar-refractivity contribution >= 4 is 36.4 Å². The number of pyridine rings is 2. The molecule has 0 saturated carbocycles. The number of carbonyl (C=O) groups is 1. The van der Waals surface area contributed by atoms with Crippen molar-refractivity contribution in [3.63, 3.8) is 0 Å². The number of benzene rings is 4. The van der Waals surface area contributed by atoms with Crippen LogP contribution in [0.1, 0.15) is 22.0 Å². The fourth-order valence-corrected chi connectivity index (χ4v) is 5.53. The van der Waals surface area contributed by atoms with E-state index in [1.165, 1.54) is 54.9 Å². The number of ether oxygens (including phenoxy) is 2. The Bertz CT molecular complexity index is 2170. The van der Waals surface area contributed by atoms with Crippen molar-refractivity contribution in [3.8, 4) is 29.1 Å². The minimum Gasteiger partial charge on any atom is -0.455 e. The third-order valence-corrected chi connectivity index (χ3v) is 7.67. The van der Waals surface area contributed by atoms with E-state index in [2.05, 4.69) is 9.97 Å². The maximum Gasteiger partial charge on any atom is 0.186 e. The van der Waals surface area contributed by atoms with Crippen molar-refractivity contribution in [2.45, 2.75) is 25.7 Å². The molecule has 48 heavy (non-hydrogen) atoms. The minimum atomic E-state index is -2.10. The highest BCUT2D eigenvalue weighted by Gasteiger charge is 2.27. The lowest BCUT2D eigenvalue weighted by atomic mass is 10.1. The second-order valence-corrected chi connectivity index (χ2v) is 15.8. The van der Waals surface area contributed by atoms with E-state index in [1.54, 1.807) is 42.5 Å². The molecule has 0 fully saturated rings. The predicted octanol–water partition coefficient (Wildman–Crippen LogP) is 9.84. The van der Waals surface area contributed by atoms with Gasteiger partial charge in [-0.3, -0.25) is 4.79 Å². The van der Waals surface area contributed by atoms with E-state index in [-0.39, 0.29) is 33.7 Å². The Labute approximate surface area is 274 Å². The maximum absolute atomic E-state index is 14.5. The molecule has 0 radical (unpaired) electrons. The van der Waals surface area contributed by atoms with Gasteiger partial charge in [0.15, 0.2) is 20.7 Å². The lowest BCUT2D eigenvalue weighted by Crippen LogP contribution is -2.28. The number of hydrogen-bond acceptors (Lipinski definition) is 7. The van der Waals surface area contributed by atoms with Crippen LogP contribution in [-0.2, 0) is 4.43 Å². The molecule has 0 saturated heterocycles. The summed E-state index contributed by atoms with van der Waals surface area (Å²) < 4.78 is 72.4. The van der Waals surface area contributed by atoms with E-state index in [4.69, 9.17) is 13.9 Å². The summed E-state index contributed by atoms with van der Waals surface area (Å²) in [4.78, 5) is 19.0. The van der Waals surface area contributed by atoms with E-state index in [0.29, 0.717) is 28.6 Å². The molecule has 0 aliphatic rings. The number of hydrogen-bond donors (Lipinski definition) is 0. The van der Waals surface area contributed by atoms with Gasteiger partial charge in [-0.15, -0.1) is 0 Å². The van der Waals surface area contributed by atoms with Gasteiger partial charge >= 0.3 is 0 Å². The number of aldehydes is 1. The largest absolute Gasteiger partial charge is 0.455 e. The summed E-state index contributed by atoms with van der Waals surface area (Å²) in [5, 5.41) is 10.6. The standard InChI is InChI=1S/C20H18F2N2O2Si.C16H9F2NO2/c1-27(2,3)26-18(11-23)19-15(21)7-5-9-17(19)25-14-10-13-6-4-8-16(22)20(13)24-12-14;17-13-4-2-6-15(12(13)9-20)21-11-7-10-3-1-5-14(18)16(10)19-8-11/h4-10,12,18H,1-3H3;1-9H. The van der Waals surface area contributed by atoms with Crippen LogP contribution in [0.2, 0.25) is 19.6 Å². The Morgan fingerprint density at radius 1 is 0.708 bits per heavy atom. The van der Waals surface area contributed by atoms with E-state index in [9.17, 15) is 27.6 Å². The van der Waals surface area contributed by atoms with E-state index in [1.807, 2.05) is 25.7 Å². The molecule has 1 atom stereocenters. The van der Waals surface area contributed by atoms with Crippen molar-refractivity contribution in [1.82, 2.24) is 9.97 Å². The predicted molar refractivity (Wildman–Crippen MR) is 175 cm³/mol. The third kappa shape index (κ3) is 7.83. The van der Waals surface area contributed by atoms with Crippen LogP contribution < -0.4 is 9.47 Å². The average Bonchev–Trinajstić information content (AvgIpc) is 3.04. The summed E-state index contributed by atoms with van der Waals surface area (Å²) in [6, 6.07) is 22.7. The fraction of sp³-hybridized carbons (Fsp3) is 0.111. The van der Waals surface area contributed by atoms with Gasteiger partial charge in [0, 0.05) is 10.8 Å². The fourth-order valence-electron chi connectivity index (χ4n) is 4.66. The second-order valence-electron chi connectivity index (χ2n) is 11.3. The molecule has 4 aromatic carbocycles. The first-order valence-corrected chi connectivity index (χ1v) is 17.9. The van der Waals surface area contributed by atoms with Crippen LogP contribution in [0.15, 0.2) is 97.3 Å². The second kappa shape index (κ2) is 14.4. The topological polar surface area (TPSA) is 94.3 Å². The number of carbonyl (C=O) groups excluding carboxylic acids is 1. The molecular formula is C36H27F4N3O4Si. The number of fused-ring (bicyclic) bond motifs is 2. The van der Waals surface area contributed by atoms with Crippen LogP contribution in [0.4, 0.5) is 17.6 Å². The number of rotatable bonds is 8. The highest BCUT2D eigenvalue weighted by molar-refractivity contribution is 6.69. The van der Waals surface area contributed by atoms with Crippen LogP contribution in [-0.4, -0.2) is 24.6 Å². The summed E-state index contributed by atoms with van der Waals surface area (Å²) in [6.45, 7) is 5.75. The number of aromatic nitrogens is 2. The first-order valence-electron chi connectivity index (χ1n) is 14.5. The molecule has 0 N–H and O–H groups in total. The van der Waals surface area contributed by atoms with Crippen LogP contribution in [0.25, 0.3) is 21.8 Å². The highest BCUT2D eigenvalue weighted by atomic mass is 28.4. The molecule has 242 valence electrons. The zero-order valence-corrected chi connectivity index (χ0v) is 26.9. The minimum absolute atomic E-state index is 0.0433. The quantitative estimate of drug-likeness (QED) is 0.0905. The Kier molecular flexibility index (Phi) is 10.1. The number of halogens is 4. The molecule has 0 aliphatic heterocycles. The van der Waals surface area contributed by atoms with Gasteiger partial charge in [-0.05, 0) is 68.2 Å². The summed E-state index contributed by atoms with van der Waals surface area (Å²) in [7, 11) is -2.10. The number of nitrogens with zero attached hydrogens (tertiary/aromatic N) is 3. The molecule has 2 heterocycles. The molecule has 2 aromatic heterocycles. The zero-order chi connectivity index (χ0) is 34.4. The van der Waals surface area contributed by atoms with Gasteiger partial charge < -0.3 is 13.9 Å². The Balaban J connectivity index is 0.000000194. The Hall–Kier alpha value is -5.64. The molecule has 0 aliphatic carbocycles. The Morgan fingerprint density at radius 3 is 1.71 bits per heavy atom. The summed E-state index contributed by atoms with van der Waals surface area (Å²) in [5.41, 5.74) is 0.319. The average molecular weight is 670 g/mol. The monoisotopic (exact) mass is 669 g/mol. The van der Waals surface area contributed by atoms with Crippen LogP contribution in [0.5, 0.6) is 23.0 Å². The molecule has 1 unspecified atom stereocenters. The molecule has 12 heteroatoms. The highest BCUT2D eigenvalue weighted by Crippen LogP contribution is 2.35. The molecule has 0 amide bonds. The zero-order valence-electron chi connectivity index (χ0n) is 25.9. The molecule has 7 nitrogen and oxygen atoms in total. The van der Waals surface area contributed by atoms with Crippen LogP contribution in [0, 0.1) is 34.6 Å². The maximum atomic E-state index is 14.5. The molecule has 0 spiro atoms. The lowest BCUT2D eigenvalue weighted by Gasteiger charge is -2.23. The summed E-state index contributed by atoms with van der Waals surface area (Å²) >= 11 is 0. The molecule has 6 rings (SSSR count). The molecule has 0 bridgehead atoms. The van der Waals surface area contributed by atoms with Crippen LogP contribution >= 0.6 is 0 Å². The SMILES string of the molecule is C[Si](C)(C)OC(C#N)c1c(F)cccc1Oc1cnc2c(F)cccc2c1.O=Cc1c(F)cccc1Oc1cnc2c(F)cccc2c1. The van der Waals surface area contributed by atoms with Gasteiger partial charge in [0.1, 0.15) is 57.3 Å². The molecule has 6 aromatic rings. The number of para-hydroxylation sites is 2. The normalized spacial score (nSPS) is 11.7. The van der Waals surface area contributed by atoms with Gasteiger partial charge in [-0.2, -0.15) is 5.26 Å². The van der Waals surface area contributed by atoms with Gasteiger partial charge in [0.05, 0.1) is 29.6 Å². The van der Waals surface area contributed by atoms with E-state index >= 15 is 0 Å². The number of nitriles is 1. The van der Waals surface area contributed by atoms with E-state index in [0.717, 1.165) is 0 Å². The van der Waals surface area contributed by atoms with Crippen molar-refractivity contribution in [2.24, 2.45) is 0 Å². The van der Waals surface area contributed by atoms with Crippen molar-refractivity contribution in [3.05, 3.63) is 132 Å². The summed E-state index contributed by atoms with van der Waals surface area (Å²) in [5.74, 6) is -1.26. The lowest BCUT2D eigenvalue weighted by molar-refractivity contribution is 0.111. The van der Waals surface area contributed by atoms with Gasteiger partial charge in [-0.25, -0.2) is 27.5 Å². The summed E-state index contributed by atoms with van der Waals surface area (Å²) in [6.07, 6.45) is 1.99.